The molecule has 0 aliphatic rings. The number of unbranched alkanes of at least 4 members (excludes halogenated alkanes) is 6. The molecule has 5 rings (SSSR count). The molecular weight excluding hydrogens is 649 g/mol. The van der Waals surface area contributed by atoms with Gasteiger partial charge >= 0.3 is 0 Å². The van der Waals surface area contributed by atoms with Crippen molar-refractivity contribution in [2.45, 2.75) is 78.1 Å². The normalized spacial score (nSPS) is 12.0. The van der Waals surface area contributed by atoms with E-state index in [-0.39, 0.29) is 11.4 Å². The Kier molecular flexibility index (Phi) is 11.4. The van der Waals surface area contributed by atoms with Crippen molar-refractivity contribution in [3.8, 4) is 31.6 Å². The van der Waals surface area contributed by atoms with Gasteiger partial charge in [-0.25, -0.2) is 20.2 Å². The molecule has 0 aromatic carbocycles. The molecular formula is C36H32N4S5. The summed E-state index contributed by atoms with van der Waals surface area (Å²) in [6, 6.07) is 13.0. The van der Waals surface area contributed by atoms with Gasteiger partial charge in [0.25, 0.3) is 11.4 Å². The van der Waals surface area contributed by atoms with E-state index >= 15 is 0 Å². The van der Waals surface area contributed by atoms with E-state index in [2.05, 4.69) is 47.8 Å². The molecule has 4 nitrogen and oxygen atoms in total. The summed E-state index contributed by atoms with van der Waals surface area (Å²) in [5, 5.41) is 18.7. The first-order valence-electron chi connectivity index (χ1n) is 15.2. The number of hydrogen-bond donors (Lipinski definition) is 0. The first-order valence-corrected chi connectivity index (χ1v) is 19.3. The Labute approximate surface area is 285 Å². The van der Waals surface area contributed by atoms with E-state index in [9.17, 15) is 10.5 Å². The Morgan fingerprint density at radius 2 is 1.09 bits per heavy atom. The van der Waals surface area contributed by atoms with E-state index in [1.807, 2.05) is 46.1 Å². The second kappa shape index (κ2) is 15.6. The highest BCUT2D eigenvalue weighted by atomic mass is 32.1. The highest BCUT2D eigenvalue weighted by molar-refractivity contribution is 7.41. The summed E-state index contributed by atoms with van der Waals surface area (Å²) in [5.41, 5.74) is 2.86. The minimum absolute atomic E-state index is 0.121. The van der Waals surface area contributed by atoms with Crippen LogP contribution in [0.25, 0.3) is 60.2 Å². The third-order valence-corrected chi connectivity index (χ3v) is 13.9. The van der Waals surface area contributed by atoms with Crippen LogP contribution in [-0.4, -0.2) is 0 Å². The smallest absolute Gasteiger partial charge is 0.227 e. The molecule has 5 heterocycles. The summed E-state index contributed by atoms with van der Waals surface area (Å²) < 4.78 is 5.25. The lowest BCUT2D eigenvalue weighted by molar-refractivity contribution is 0.668. The van der Waals surface area contributed by atoms with Crippen molar-refractivity contribution in [2.75, 3.05) is 0 Å². The third-order valence-electron chi connectivity index (χ3n) is 7.55. The maximum absolute atomic E-state index is 9.33. The van der Waals surface area contributed by atoms with Gasteiger partial charge in [-0.05, 0) is 73.2 Å². The van der Waals surface area contributed by atoms with Crippen LogP contribution >= 0.6 is 56.7 Å². The van der Waals surface area contributed by atoms with E-state index in [4.69, 9.17) is 13.1 Å². The van der Waals surface area contributed by atoms with Gasteiger partial charge in [-0.3, -0.25) is 0 Å². The molecule has 5 aromatic heterocycles. The highest BCUT2D eigenvalue weighted by Gasteiger charge is 2.20. The Morgan fingerprint density at radius 3 is 1.47 bits per heavy atom. The molecule has 0 N–H and O–H groups in total. The topological polar surface area (TPSA) is 56.3 Å². The monoisotopic (exact) mass is 680 g/mol. The van der Waals surface area contributed by atoms with E-state index < -0.39 is 0 Å². The SMILES string of the molecule is [C-]#[N+]/C(C#N)=C\c1cc(CCCCCC)c(-c2cc3sc4cc(-c5sc(/C=C(\C#N)[N+]#[C-])cc5CCCCCC)sc4c3s2)s1. The Hall–Kier alpha value is -3.54. The van der Waals surface area contributed by atoms with Gasteiger partial charge in [0.05, 0.1) is 34.7 Å². The summed E-state index contributed by atoms with van der Waals surface area (Å²) in [5.74, 6) is 0. The second-order valence-corrected chi connectivity index (χ2v) is 16.2. The van der Waals surface area contributed by atoms with Crippen LogP contribution in [0.3, 0.4) is 0 Å². The van der Waals surface area contributed by atoms with Crippen molar-refractivity contribution < 1.29 is 0 Å². The first kappa shape index (κ1) is 32.8. The lowest BCUT2D eigenvalue weighted by atomic mass is 10.1. The quantitative estimate of drug-likeness (QED) is 0.0666. The van der Waals surface area contributed by atoms with Crippen LogP contribution < -0.4 is 0 Å². The Balaban J connectivity index is 1.52. The average molecular weight is 681 g/mol. The van der Waals surface area contributed by atoms with Crippen molar-refractivity contribution in [3.05, 3.63) is 79.4 Å². The van der Waals surface area contributed by atoms with Crippen LogP contribution in [0.5, 0.6) is 0 Å². The number of hydrogen-bond acceptors (Lipinski definition) is 7. The van der Waals surface area contributed by atoms with E-state index in [0.29, 0.717) is 0 Å². The fraction of sp³-hybridized carbons (Fsp3) is 0.333. The molecule has 0 fully saturated rings. The second-order valence-electron chi connectivity index (χ2n) is 10.8. The lowest BCUT2D eigenvalue weighted by Crippen LogP contribution is -1.85. The van der Waals surface area contributed by atoms with Crippen LogP contribution in [0.1, 0.15) is 86.1 Å². The van der Waals surface area contributed by atoms with Crippen LogP contribution in [-0.2, 0) is 12.8 Å². The van der Waals surface area contributed by atoms with E-state index in [1.54, 1.807) is 34.8 Å². The number of nitriles is 2. The van der Waals surface area contributed by atoms with Gasteiger partial charge in [-0.2, -0.15) is 0 Å². The Bertz CT molecular complexity index is 1870. The van der Waals surface area contributed by atoms with E-state index in [1.165, 1.54) is 88.0 Å². The standard InChI is InChI=1S/C36H32N4S5/c1-5-7-9-11-13-23-15-27(17-25(21-37)39-3)41-33(23)29-19-31-35(44-29)36-32(43-31)20-30(45-36)34-24(14-12-10-8-6-2)16-28(42-34)18-26(22-38)40-4/h15-20H,5-14H2,1-2H3/b25-17-,26-18+. The van der Waals surface area contributed by atoms with Gasteiger partial charge < -0.3 is 0 Å². The van der Waals surface area contributed by atoms with Crippen molar-refractivity contribution in [1.82, 2.24) is 0 Å². The number of aryl methyl sites for hydroxylation is 2. The molecule has 0 aliphatic heterocycles. The molecule has 0 spiro atoms. The number of rotatable bonds is 14. The molecule has 0 amide bonds. The van der Waals surface area contributed by atoms with Crippen LogP contribution in [0.4, 0.5) is 0 Å². The van der Waals surface area contributed by atoms with Crippen molar-refractivity contribution in [1.29, 1.82) is 10.5 Å². The molecule has 9 heteroatoms. The minimum Gasteiger partial charge on any atom is -0.227 e. The summed E-state index contributed by atoms with van der Waals surface area (Å²) in [6.07, 6.45) is 15.0. The first-order chi connectivity index (χ1) is 22.0. The van der Waals surface area contributed by atoms with Gasteiger partial charge in [0.2, 0.25) is 0 Å². The molecule has 226 valence electrons. The highest BCUT2D eigenvalue weighted by Crippen LogP contribution is 2.51. The largest absolute Gasteiger partial charge is 0.263 e. The zero-order valence-corrected chi connectivity index (χ0v) is 29.4. The number of nitrogens with zero attached hydrogens (tertiary/aromatic N) is 4. The van der Waals surface area contributed by atoms with Gasteiger partial charge in [0.1, 0.15) is 0 Å². The van der Waals surface area contributed by atoms with E-state index in [0.717, 1.165) is 35.4 Å². The van der Waals surface area contributed by atoms with Gasteiger partial charge in [-0.15, -0.1) is 56.7 Å². The lowest BCUT2D eigenvalue weighted by Gasteiger charge is -2.02. The van der Waals surface area contributed by atoms with Crippen molar-refractivity contribution in [3.63, 3.8) is 0 Å². The van der Waals surface area contributed by atoms with Gasteiger partial charge in [0.15, 0.2) is 0 Å². The van der Waals surface area contributed by atoms with Crippen molar-refractivity contribution >= 4 is 87.6 Å². The Morgan fingerprint density at radius 1 is 0.644 bits per heavy atom. The zero-order chi connectivity index (χ0) is 31.8. The predicted molar refractivity (Wildman–Crippen MR) is 198 cm³/mol. The fourth-order valence-corrected chi connectivity index (χ4v) is 11.9. The molecule has 0 radical (unpaired) electrons. The molecule has 0 unspecified atom stereocenters. The number of allylic oxidation sites excluding steroid dienone is 2. The van der Waals surface area contributed by atoms with Crippen molar-refractivity contribution in [2.24, 2.45) is 0 Å². The molecule has 0 saturated carbocycles. The predicted octanol–water partition coefficient (Wildman–Crippen LogP) is 13.4. The molecule has 0 atom stereocenters. The zero-order valence-electron chi connectivity index (χ0n) is 25.4. The van der Waals surface area contributed by atoms with Gasteiger partial charge in [-0.1, -0.05) is 52.4 Å². The fourth-order valence-electron chi connectivity index (χ4n) is 5.32. The summed E-state index contributed by atoms with van der Waals surface area (Å²) >= 11 is 8.91. The third kappa shape index (κ3) is 7.65. The van der Waals surface area contributed by atoms with Crippen LogP contribution in [0.15, 0.2) is 35.7 Å². The minimum atomic E-state index is 0.121. The van der Waals surface area contributed by atoms with Gasteiger partial charge in [0, 0.05) is 38.7 Å². The molecule has 0 aliphatic carbocycles. The number of fused-ring (bicyclic) bond motifs is 3. The maximum atomic E-state index is 9.33. The summed E-state index contributed by atoms with van der Waals surface area (Å²) in [7, 11) is 0. The average Bonchev–Trinajstić information content (AvgIpc) is 3.86. The molecule has 0 bridgehead atoms. The molecule has 0 saturated heterocycles. The summed E-state index contributed by atoms with van der Waals surface area (Å²) in [6.45, 7) is 19.1. The van der Waals surface area contributed by atoms with Crippen LogP contribution in [0.2, 0.25) is 0 Å². The van der Waals surface area contributed by atoms with Crippen LogP contribution in [0, 0.1) is 35.8 Å². The summed E-state index contributed by atoms with van der Waals surface area (Å²) in [4.78, 5) is 13.7. The molecule has 45 heavy (non-hydrogen) atoms. The number of thiophene rings is 5. The maximum Gasteiger partial charge on any atom is 0.263 e. The molecule has 5 aromatic rings.